The molecule has 3 aliphatic rings. The maximum absolute atomic E-state index is 12.4. The Bertz CT molecular complexity index is 484. The third kappa shape index (κ3) is 2.39. The van der Waals surface area contributed by atoms with E-state index in [0.29, 0.717) is 19.6 Å². The quantitative estimate of drug-likeness (QED) is 0.729. The maximum atomic E-state index is 12.4. The second-order valence-electron chi connectivity index (χ2n) is 6.49. The molecule has 0 aromatic rings. The van der Waals surface area contributed by atoms with Crippen molar-refractivity contribution < 1.29 is 28.9 Å². The van der Waals surface area contributed by atoms with E-state index < -0.39 is 28.3 Å². The lowest BCUT2D eigenvalue weighted by atomic mass is 9.97. The van der Waals surface area contributed by atoms with Crippen LogP contribution in [0.1, 0.15) is 27.2 Å². The standard InChI is InChI=1S/C13H19NO6S/c1-11(2,3)20-10(17)14-7-12(18-4-5-19-12)6-8-13(14,21-8)9(15)16/h8H,4-7H2,1-3H3,(H,15,16)/t8?,13-/m1/s1. The third-order valence-corrected chi connectivity index (χ3v) is 5.31. The number of aliphatic carboxylic acids is 1. The highest BCUT2D eigenvalue weighted by molar-refractivity contribution is 8.09. The second kappa shape index (κ2) is 4.50. The van der Waals surface area contributed by atoms with Crippen LogP contribution in [0.25, 0.3) is 0 Å². The summed E-state index contributed by atoms with van der Waals surface area (Å²) in [7, 11) is 0. The van der Waals surface area contributed by atoms with Crippen molar-refractivity contribution >= 4 is 23.8 Å². The van der Waals surface area contributed by atoms with E-state index >= 15 is 0 Å². The molecule has 118 valence electrons. The predicted octanol–water partition coefficient (Wildman–Crippen LogP) is 1.27. The maximum Gasteiger partial charge on any atom is 0.412 e. The van der Waals surface area contributed by atoms with Gasteiger partial charge in [-0.05, 0) is 20.8 Å². The Morgan fingerprint density at radius 3 is 2.48 bits per heavy atom. The third-order valence-electron chi connectivity index (χ3n) is 3.73. The van der Waals surface area contributed by atoms with Gasteiger partial charge in [-0.1, -0.05) is 0 Å². The molecule has 21 heavy (non-hydrogen) atoms. The van der Waals surface area contributed by atoms with Gasteiger partial charge in [0.15, 0.2) is 5.79 Å². The molecule has 1 N–H and O–H groups in total. The summed E-state index contributed by atoms with van der Waals surface area (Å²) in [5.74, 6) is -1.90. The van der Waals surface area contributed by atoms with Gasteiger partial charge in [0, 0.05) is 6.42 Å². The molecule has 3 saturated heterocycles. The molecule has 0 bridgehead atoms. The summed E-state index contributed by atoms with van der Waals surface area (Å²) in [5.41, 5.74) is -0.687. The summed E-state index contributed by atoms with van der Waals surface area (Å²) >= 11 is 1.24. The Morgan fingerprint density at radius 2 is 1.95 bits per heavy atom. The zero-order chi connectivity index (χ0) is 15.5. The largest absolute Gasteiger partial charge is 0.479 e. The summed E-state index contributed by atoms with van der Waals surface area (Å²) in [6, 6.07) is 0. The monoisotopic (exact) mass is 317 g/mol. The van der Waals surface area contributed by atoms with E-state index in [9.17, 15) is 14.7 Å². The van der Waals surface area contributed by atoms with Crippen LogP contribution in [-0.2, 0) is 19.0 Å². The van der Waals surface area contributed by atoms with Gasteiger partial charge in [-0.3, -0.25) is 4.90 Å². The van der Waals surface area contributed by atoms with Crippen LogP contribution in [0.5, 0.6) is 0 Å². The Balaban J connectivity index is 1.86. The number of carbonyl (C=O) groups is 2. The molecule has 1 amide bonds. The van der Waals surface area contributed by atoms with Crippen molar-refractivity contribution in [3.8, 4) is 0 Å². The molecule has 0 aromatic heterocycles. The summed E-state index contributed by atoms with van der Waals surface area (Å²) in [6.07, 6.45) is -0.165. The molecule has 1 unspecified atom stereocenters. The molecule has 7 nitrogen and oxygen atoms in total. The van der Waals surface area contributed by atoms with Gasteiger partial charge >= 0.3 is 12.1 Å². The van der Waals surface area contributed by atoms with Gasteiger partial charge in [-0.15, -0.1) is 11.8 Å². The molecule has 3 aliphatic heterocycles. The fourth-order valence-corrected chi connectivity index (χ4v) is 4.21. The lowest BCUT2D eigenvalue weighted by Crippen LogP contribution is -2.61. The van der Waals surface area contributed by atoms with Crippen LogP contribution in [0.2, 0.25) is 0 Å². The number of fused-ring (bicyclic) bond motifs is 1. The van der Waals surface area contributed by atoms with Crippen molar-refractivity contribution in [2.45, 2.75) is 48.7 Å². The zero-order valence-corrected chi connectivity index (χ0v) is 13.1. The van der Waals surface area contributed by atoms with Crippen molar-refractivity contribution in [2.75, 3.05) is 19.8 Å². The van der Waals surface area contributed by atoms with E-state index in [1.165, 1.54) is 16.7 Å². The van der Waals surface area contributed by atoms with E-state index in [1.54, 1.807) is 20.8 Å². The predicted molar refractivity (Wildman–Crippen MR) is 73.9 cm³/mol. The number of piperidine rings is 1. The number of carboxylic acid groups (broad SMARTS) is 1. The number of amides is 1. The van der Waals surface area contributed by atoms with E-state index in [0.717, 1.165) is 0 Å². The number of carboxylic acids is 1. The summed E-state index contributed by atoms with van der Waals surface area (Å²) in [5, 5.41) is 9.31. The lowest BCUT2D eigenvalue weighted by Gasteiger charge is -2.40. The van der Waals surface area contributed by atoms with E-state index in [2.05, 4.69) is 0 Å². The highest BCUT2D eigenvalue weighted by atomic mass is 32.2. The lowest BCUT2D eigenvalue weighted by molar-refractivity contribution is -0.194. The first-order valence-corrected chi connectivity index (χ1v) is 7.76. The topological polar surface area (TPSA) is 85.3 Å². The second-order valence-corrected chi connectivity index (χ2v) is 7.91. The summed E-state index contributed by atoms with van der Waals surface area (Å²) in [6.45, 7) is 6.24. The Hall–Kier alpha value is -0.990. The number of carbonyl (C=O) groups excluding carboxylic acids is 1. The van der Waals surface area contributed by atoms with Gasteiger partial charge < -0.3 is 19.3 Å². The van der Waals surface area contributed by atoms with E-state index in [4.69, 9.17) is 14.2 Å². The van der Waals surface area contributed by atoms with Gasteiger partial charge in [0.05, 0.1) is 25.0 Å². The Morgan fingerprint density at radius 1 is 1.33 bits per heavy atom. The highest BCUT2D eigenvalue weighted by Gasteiger charge is 2.74. The van der Waals surface area contributed by atoms with Gasteiger partial charge in [-0.2, -0.15) is 0 Å². The number of likely N-dealkylation sites (tertiary alicyclic amines) is 1. The number of rotatable bonds is 1. The number of thioether (sulfide) groups is 1. The minimum absolute atomic E-state index is 0.0811. The fourth-order valence-electron chi connectivity index (χ4n) is 2.83. The number of hydrogen-bond acceptors (Lipinski definition) is 6. The van der Waals surface area contributed by atoms with Crippen LogP contribution in [0.4, 0.5) is 4.79 Å². The molecule has 0 saturated carbocycles. The first kappa shape index (κ1) is 14.9. The molecule has 0 aliphatic carbocycles. The van der Waals surface area contributed by atoms with E-state index in [1.807, 2.05) is 0 Å². The van der Waals surface area contributed by atoms with Gasteiger partial charge in [0.1, 0.15) is 5.60 Å². The molecule has 0 aromatic carbocycles. The SMILES string of the molecule is CC(C)(C)OC(=O)N1CC2(CC3S[C@@]31C(=O)O)OCCO2. The van der Waals surface area contributed by atoms with Crippen molar-refractivity contribution in [1.29, 1.82) is 0 Å². The molecule has 0 radical (unpaired) electrons. The van der Waals surface area contributed by atoms with Crippen molar-refractivity contribution in [1.82, 2.24) is 4.90 Å². The zero-order valence-electron chi connectivity index (χ0n) is 12.2. The smallest absolute Gasteiger partial charge is 0.412 e. The van der Waals surface area contributed by atoms with Crippen LogP contribution in [0, 0.1) is 0 Å². The van der Waals surface area contributed by atoms with Gasteiger partial charge in [0.25, 0.3) is 0 Å². The molecular formula is C13H19NO6S. The van der Waals surface area contributed by atoms with Crippen LogP contribution in [0.15, 0.2) is 0 Å². The van der Waals surface area contributed by atoms with Crippen LogP contribution >= 0.6 is 11.8 Å². The number of hydrogen-bond donors (Lipinski definition) is 1. The average Bonchev–Trinajstić information content (AvgIpc) is 2.91. The molecule has 8 heteroatoms. The number of nitrogens with zero attached hydrogens (tertiary/aromatic N) is 1. The molecule has 2 atom stereocenters. The first-order chi connectivity index (χ1) is 9.69. The molecule has 3 rings (SSSR count). The van der Waals surface area contributed by atoms with E-state index in [-0.39, 0.29) is 11.8 Å². The van der Waals surface area contributed by atoms with Crippen molar-refractivity contribution in [2.24, 2.45) is 0 Å². The Kier molecular flexibility index (Phi) is 3.20. The minimum atomic E-state index is -1.23. The number of ether oxygens (including phenoxy) is 3. The highest BCUT2D eigenvalue weighted by Crippen LogP contribution is 2.63. The van der Waals surface area contributed by atoms with Crippen LogP contribution < -0.4 is 0 Å². The average molecular weight is 317 g/mol. The molecule has 3 heterocycles. The summed E-state index contributed by atoms with van der Waals surface area (Å²) in [4.78, 5) is 24.1. The summed E-state index contributed by atoms with van der Waals surface area (Å²) < 4.78 is 16.6. The molecule has 3 fully saturated rings. The normalized spacial score (nSPS) is 33.7. The van der Waals surface area contributed by atoms with Crippen molar-refractivity contribution in [3.05, 3.63) is 0 Å². The van der Waals surface area contributed by atoms with Crippen molar-refractivity contribution in [3.63, 3.8) is 0 Å². The minimum Gasteiger partial charge on any atom is -0.479 e. The first-order valence-electron chi connectivity index (χ1n) is 6.88. The van der Waals surface area contributed by atoms with Crippen LogP contribution in [-0.4, -0.2) is 63.3 Å². The Labute approximate surface area is 126 Å². The van der Waals surface area contributed by atoms with Gasteiger partial charge in [0.2, 0.25) is 4.87 Å². The fraction of sp³-hybridized carbons (Fsp3) is 0.846. The van der Waals surface area contributed by atoms with Gasteiger partial charge in [-0.25, -0.2) is 9.59 Å². The molecular weight excluding hydrogens is 298 g/mol. The molecule has 1 spiro atoms. The van der Waals surface area contributed by atoms with Crippen LogP contribution in [0.3, 0.4) is 0 Å².